The number of halogens is 1. The highest BCUT2D eigenvalue weighted by molar-refractivity contribution is 5.85. The number of amides is 1. The highest BCUT2D eigenvalue weighted by atomic mass is 35.5. The first-order valence-corrected chi connectivity index (χ1v) is 6.70. The fourth-order valence-electron chi connectivity index (χ4n) is 2.51. The maximum atomic E-state index is 11.9. The number of carbonyl (C=O) groups is 1. The first kappa shape index (κ1) is 16.7. The van der Waals surface area contributed by atoms with E-state index in [9.17, 15) is 4.79 Å². The highest BCUT2D eigenvalue weighted by Gasteiger charge is 2.22. The number of carbonyl (C=O) groups excluding carboxylic acids is 1. The van der Waals surface area contributed by atoms with Gasteiger partial charge in [-0.2, -0.15) is 0 Å². The van der Waals surface area contributed by atoms with Gasteiger partial charge in [-0.3, -0.25) is 4.79 Å². The van der Waals surface area contributed by atoms with Crippen molar-refractivity contribution in [2.45, 2.75) is 45.4 Å². The first-order chi connectivity index (χ1) is 7.77. The molecule has 1 unspecified atom stereocenters. The van der Waals surface area contributed by atoms with Crippen molar-refractivity contribution in [3.63, 3.8) is 0 Å². The molecule has 1 atom stereocenters. The number of hydrogen-bond acceptors (Lipinski definition) is 2. The van der Waals surface area contributed by atoms with Gasteiger partial charge in [0.15, 0.2) is 0 Å². The standard InChI is InChI=1S/C13H26N2O.ClH/c1-3-6-12-7-5-10-15(11-12)13(16)8-4-9-14-2;/h12,14H,3-11H2,1-2H3;1H. The quantitative estimate of drug-likeness (QED) is 0.746. The molecule has 0 bridgehead atoms. The second kappa shape index (κ2) is 9.72. The van der Waals surface area contributed by atoms with Gasteiger partial charge in [0.2, 0.25) is 5.91 Å². The minimum absolute atomic E-state index is 0. The fourth-order valence-corrected chi connectivity index (χ4v) is 2.51. The average molecular weight is 263 g/mol. The molecule has 17 heavy (non-hydrogen) atoms. The van der Waals surface area contributed by atoms with Crippen LogP contribution in [0.5, 0.6) is 0 Å². The summed E-state index contributed by atoms with van der Waals surface area (Å²) in [6.07, 6.45) is 6.70. The lowest BCUT2D eigenvalue weighted by atomic mass is 9.93. The van der Waals surface area contributed by atoms with Crippen molar-refractivity contribution < 1.29 is 4.79 Å². The van der Waals surface area contributed by atoms with Crippen LogP contribution in [0, 0.1) is 5.92 Å². The lowest BCUT2D eigenvalue weighted by Gasteiger charge is -2.32. The maximum absolute atomic E-state index is 11.9. The van der Waals surface area contributed by atoms with Gasteiger partial charge in [-0.05, 0) is 45.2 Å². The number of nitrogens with zero attached hydrogens (tertiary/aromatic N) is 1. The van der Waals surface area contributed by atoms with Crippen LogP contribution in [-0.2, 0) is 4.79 Å². The highest BCUT2D eigenvalue weighted by Crippen LogP contribution is 2.21. The molecule has 1 amide bonds. The third-order valence-corrected chi connectivity index (χ3v) is 3.39. The number of piperidine rings is 1. The van der Waals surface area contributed by atoms with Crippen LogP contribution in [0.25, 0.3) is 0 Å². The summed E-state index contributed by atoms with van der Waals surface area (Å²) in [7, 11) is 1.93. The van der Waals surface area contributed by atoms with Crippen molar-refractivity contribution in [3.8, 4) is 0 Å². The fraction of sp³-hybridized carbons (Fsp3) is 0.923. The van der Waals surface area contributed by atoms with Gasteiger partial charge in [0, 0.05) is 19.5 Å². The predicted octanol–water partition coefficient (Wildman–Crippen LogP) is 2.45. The van der Waals surface area contributed by atoms with Crippen LogP contribution in [0.15, 0.2) is 0 Å². The third kappa shape index (κ3) is 6.27. The van der Waals surface area contributed by atoms with E-state index in [1.165, 1.54) is 25.7 Å². The van der Waals surface area contributed by atoms with E-state index in [2.05, 4.69) is 17.1 Å². The summed E-state index contributed by atoms with van der Waals surface area (Å²) < 4.78 is 0. The molecule has 1 aliphatic rings. The Morgan fingerprint density at radius 2 is 2.24 bits per heavy atom. The van der Waals surface area contributed by atoms with Crippen molar-refractivity contribution >= 4 is 18.3 Å². The van der Waals surface area contributed by atoms with Crippen LogP contribution < -0.4 is 5.32 Å². The van der Waals surface area contributed by atoms with Gasteiger partial charge in [-0.1, -0.05) is 13.3 Å². The molecule has 102 valence electrons. The maximum Gasteiger partial charge on any atom is 0.222 e. The molecule has 0 saturated carbocycles. The number of nitrogens with one attached hydrogen (secondary N) is 1. The van der Waals surface area contributed by atoms with Gasteiger partial charge in [-0.15, -0.1) is 12.4 Å². The first-order valence-electron chi connectivity index (χ1n) is 6.70. The molecule has 1 N–H and O–H groups in total. The van der Waals surface area contributed by atoms with Gasteiger partial charge >= 0.3 is 0 Å². The summed E-state index contributed by atoms with van der Waals surface area (Å²) in [6, 6.07) is 0. The zero-order chi connectivity index (χ0) is 11.8. The minimum Gasteiger partial charge on any atom is -0.342 e. The van der Waals surface area contributed by atoms with E-state index >= 15 is 0 Å². The Balaban J connectivity index is 0.00000256. The van der Waals surface area contributed by atoms with Crippen LogP contribution in [0.3, 0.4) is 0 Å². The molecule has 0 aromatic heterocycles. The minimum atomic E-state index is 0. The summed E-state index contributed by atoms with van der Waals surface area (Å²) in [6.45, 7) is 5.16. The molecule has 1 heterocycles. The molecule has 0 radical (unpaired) electrons. The smallest absolute Gasteiger partial charge is 0.222 e. The van der Waals surface area contributed by atoms with Crippen LogP contribution in [0.4, 0.5) is 0 Å². The number of likely N-dealkylation sites (tertiary alicyclic amines) is 1. The third-order valence-electron chi connectivity index (χ3n) is 3.39. The van der Waals surface area contributed by atoms with E-state index < -0.39 is 0 Å². The lowest BCUT2D eigenvalue weighted by molar-refractivity contribution is -0.133. The van der Waals surface area contributed by atoms with Gasteiger partial charge in [0.25, 0.3) is 0 Å². The van der Waals surface area contributed by atoms with E-state index in [1.54, 1.807) is 0 Å². The second-order valence-corrected chi connectivity index (χ2v) is 4.84. The monoisotopic (exact) mass is 262 g/mol. The molecule has 0 aromatic carbocycles. The Morgan fingerprint density at radius 1 is 1.47 bits per heavy atom. The topological polar surface area (TPSA) is 32.3 Å². The number of rotatable bonds is 6. The zero-order valence-electron chi connectivity index (χ0n) is 11.2. The molecular formula is C13H27ClN2O. The molecule has 1 saturated heterocycles. The molecule has 1 rings (SSSR count). The number of hydrogen-bond donors (Lipinski definition) is 1. The molecule has 0 aromatic rings. The average Bonchev–Trinajstić information content (AvgIpc) is 2.30. The van der Waals surface area contributed by atoms with E-state index in [1.807, 2.05) is 7.05 Å². The van der Waals surface area contributed by atoms with Gasteiger partial charge in [0.05, 0.1) is 0 Å². The molecular weight excluding hydrogens is 236 g/mol. The van der Waals surface area contributed by atoms with Crippen LogP contribution in [-0.4, -0.2) is 37.5 Å². The van der Waals surface area contributed by atoms with Crippen LogP contribution in [0.1, 0.15) is 45.4 Å². The Bertz CT molecular complexity index is 210. The van der Waals surface area contributed by atoms with E-state index in [0.717, 1.165) is 32.0 Å². The SMILES string of the molecule is CCCC1CCCN(C(=O)CCCNC)C1.Cl. The van der Waals surface area contributed by atoms with Crippen molar-refractivity contribution in [2.75, 3.05) is 26.7 Å². The van der Waals surface area contributed by atoms with Gasteiger partial charge < -0.3 is 10.2 Å². The Hall–Kier alpha value is -0.280. The normalized spacial score (nSPS) is 19.9. The van der Waals surface area contributed by atoms with E-state index in [0.29, 0.717) is 12.3 Å². The van der Waals surface area contributed by atoms with Crippen molar-refractivity contribution in [3.05, 3.63) is 0 Å². The summed E-state index contributed by atoms with van der Waals surface area (Å²) in [5, 5.41) is 3.08. The summed E-state index contributed by atoms with van der Waals surface area (Å²) >= 11 is 0. The Morgan fingerprint density at radius 3 is 2.88 bits per heavy atom. The Labute approximate surface area is 112 Å². The van der Waals surface area contributed by atoms with Crippen molar-refractivity contribution in [2.24, 2.45) is 5.92 Å². The van der Waals surface area contributed by atoms with Crippen LogP contribution in [0.2, 0.25) is 0 Å². The summed E-state index contributed by atoms with van der Waals surface area (Å²) in [5.74, 6) is 1.11. The Kier molecular flexibility index (Phi) is 9.56. The van der Waals surface area contributed by atoms with Crippen molar-refractivity contribution in [1.29, 1.82) is 0 Å². The van der Waals surface area contributed by atoms with E-state index in [4.69, 9.17) is 0 Å². The zero-order valence-corrected chi connectivity index (χ0v) is 12.0. The molecule has 0 aliphatic carbocycles. The molecule has 4 heteroatoms. The van der Waals surface area contributed by atoms with Gasteiger partial charge in [0.1, 0.15) is 0 Å². The molecule has 1 fully saturated rings. The largest absolute Gasteiger partial charge is 0.342 e. The molecule has 3 nitrogen and oxygen atoms in total. The molecule has 1 aliphatic heterocycles. The second-order valence-electron chi connectivity index (χ2n) is 4.84. The predicted molar refractivity (Wildman–Crippen MR) is 74.6 cm³/mol. The van der Waals surface area contributed by atoms with Crippen LogP contribution >= 0.6 is 12.4 Å². The summed E-state index contributed by atoms with van der Waals surface area (Å²) in [4.78, 5) is 14.0. The molecule has 0 spiro atoms. The van der Waals surface area contributed by atoms with E-state index in [-0.39, 0.29) is 12.4 Å². The summed E-state index contributed by atoms with van der Waals surface area (Å²) in [5.41, 5.74) is 0. The van der Waals surface area contributed by atoms with Crippen molar-refractivity contribution in [1.82, 2.24) is 10.2 Å². The van der Waals surface area contributed by atoms with Gasteiger partial charge in [-0.25, -0.2) is 0 Å². The lowest BCUT2D eigenvalue weighted by Crippen LogP contribution is -2.40.